The molecule has 0 spiro atoms. The van der Waals surface area contributed by atoms with Crippen LogP contribution in [0, 0.1) is 11.3 Å². The lowest BCUT2D eigenvalue weighted by molar-refractivity contribution is -0.135. The molecule has 2 aliphatic rings. The van der Waals surface area contributed by atoms with Gasteiger partial charge in [-0.05, 0) is 36.9 Å². The number of nitrogens with zero attached hydrogens (tertiary/aromatic N) is 1. The first kappa shape index (κ1) is 19.4. The minimum Gasteiger partial charge on any atom is -0.477 e. The number of carboxylic acid groups (broad SMARTS) is 1. The number of rotatable bonds is 9. The lowest BCUT2D eigenvalue weighted by Gasteiger charge is -2.07. The third-order valence-electron chi connectivity index (χ3n) is 4.30. The van der Waals surface area contributed by atoms with Gasteiger partial charge in [0.25, 0.3) is 0 Å². The maximum Gasteiger partial charge on any atom is 0.352 e. The van der Waals surface area contributed by atoms with Crippen molar-refractivity contribution in [1.82, 2.24) is 5.32 Å². The molecule has 1 fully saturated rings. The SMILES string of the molecule is CC1(C)CC1C(=O)N/C(=C\CCCCCSC1=NCCS1)C(=O)O. The standard InChI is InChI=1S/C17H26N2O3S2/c1-17(2)11-12(17)14(20)19-13(15(21)22)7-5-3-4-6-9-23-16-18-8-10-24-16/h7,12H,3-6,8-11H2,1-2H3,(H,19,20)(H,21,22)/b13-7-. The highest BCUT2D eigenvalue weighted by atomic mass is 32.2. The molecule has 0 aromatic rings. The molecule has 1 heterocycles. The minimum absolute atomic E-state index is 0.00721. The highest BCUT2D eigenvalue weighted by Gasteiger charge is 2.50. The van der Waals surface area contributed by atoms with Gasteiger partial charge in [0, 0.05) is 11.7 Å². The number of carbonyl (C=O) groups excluding carboxylic acids is 1. The van der Waals surface area contributed by atoms with Crippen LogP contribution in [-0.4, -0.2) is 39.4 Å². The molecule has 1 aliphatic carbocycles. The summed E-state index contributed by atoms with van der Waals surface area (Å²) < 4.78 is 1.20. The molecule has 2 N–H and O–H groups in total. The molecule has 0 aromatic heterocycles. The Morgan fingerprint density at radius 3 is 2.75 bits per heavy atom. The summed E-state index contributed by atoms with van der Waals surface area (Å²) in [7, 11) is 0. The predicted molar refractivity (Wildman–Crippen MR) is 101 cm³/mol. The molecule has 0 saturated heterocycles. The van der Waals surface area contributed by atoms with E-state index in [2.05, 4.69) is 10.3 Å². The Labute approximate surface area is 152 Å². The van der Waals surface area contributed by atoms with Gasteiger partial charge in [0.2, 0.25) is 5.91 Å². The van der Waals surface area contributed by atoms with Gasteiger partial charge in [0.1, 0.15) is 10.1 Å². The monoisotopic (exact) mass is 370 g/mol. The number of aliphatic imine (C=N–C) groups is 1. The minimum atomic E-state index is -1.06. The van der Waals surface area contributed by atoms with Gasteiger partial charge in [-0.2, -0.15) is 0 Å². The topological polar surface area (TPSA) is 78.8 Å². The third-order valence-corrected chi connectivity index (χ3v) is 6.64. The van der Waals surface area contributed by atoms with Gasteiger partial charge in [0.15, 0.2) is 0 Å². The number of allylic oxidation sites excluding steroid dienone is 1. The maximum atomic E-state index is 12.0. The van der Waals surface area contributed by atoms with Crippen LogP contribution in [0.3, 0.4) is 0 Å². The van der Waals surface area contributed by atoms with Crippen LogP contribution in [0.4, 0.5) is 0 Å². The molecule has 1 saturated carbocycles. The molecule has 134 valence electrons. The quantitative estimate of drug-likeness (QED) is 0.480. The Morgan fingerprint density at radius 1 is 1.42 bits per heavy atom. The fourth-order valence-electron chi connectivity index (χ4n) is 2.56. The number of aliphatic carboxylic acids is 1. The Hall–Kier alpha value is -0.950. The van der Waals surface area contributed by atoms with Crippen LogP contribution in [0.15, 0.2) is 16.8 Å². The molecule has 1 amide bonds. The summed E-state index contributed by atoms with van der Waals surface area (Å²) in [6, 6.07) is 0. The van der Waals surface area contributed by atoms with Crippen LogP contribution in [0.1, 0.15) is 46.0 Å². The van der Waals surface area contributed by atoms with E-state index in [1.807, 2.05) is 37.4 Å². The molecule has 1 aliphatic heterocycles. The van der Waals surface area contributed by atoms with E-state index >= 15 is 0 Å². The second kappa shape index (κ2) is 8.94. The van der Waals surface area contributed by atoms with Crippen molar-refractivity contribution in [3.8, 4) is 0 Å². The van der Waals surface area contributed by atoms with Gasteiger partial charge >= 0.3 is 5.97 Å². The van der Waals surface area contributed by atoms with E-state index in [0.29, 0.717) is 6.42 Å². The van der Waals surface area contributed by atoms with Crippen LogP contribution >= 0.6 is 23.5 Å². The summed E-state index contributed by atoms with van der Waals surface area (Å²) in [5.74, 6) is 0.881. The smallest absolute Gasteiger partial charge is 0.352 e. The number of thioether (sulfide) groups is 2. The molecular weight excluding hydrogens is 344 g/mol. The largest absolute Gasteiger partial charge is 0.477 e. The average molecular weight is 371 g/mol. The highest BCUT2D eigenvalue weighted by Crippen LogP contribution is 2.51. The highest BCUT2D eigenvalue weighted by molar-refractivity contribution is 8.39. The lowest BCUT2D eigenvalue weighted by Crippen LogP contribution is -2.29. The van der Waals surface area contributed by atoms with Crippen LogP contribution in [0.2, 0.25) is 0 Å². The first-order valence-corrected chi connectivity index (χ1v) is 10.4. The molecular formula is C17H26N2O3S2. The zero-order valence-corrected chi connectivity index (χ0v) is 16.0. The summed E-state index contributed by atoms with van der Waals surface area (Å²) in [5, 5.41) is 11.8. The first-order chi connectivity index (χ1) is 11.4. The third kappa shape index (κ3) is 6.16. The maximum absolute atomic E-state index is 12.0. The first-order valence-electron chi connectivity index (χ1n) is 8.44. The Kier molecular flexibility index (Phi) is 7.22. The molecule has 0 aromatic carbocycles. The Balaban J connectivity index is 1.62. The van der Waals surface area contributed by atoms with Crippen LogP contribution < -0.4 is 5.32 Å². The summed E-state index contributed by atoms with van der Waals surface area (Å²) >= 11 is 3.65. The number of amides is 1. The molecule has 7 heteroatoms. The summed E-state index contributed by atoms with van der Waals surface area (Å²) in [4.78, 5) is 27.7. The van der Waals surface area contributed by atoms with Crippen molar-refractivity contribution in [3.05, 3.63) is 11.8 Å². The number of carboxylic acids is 1. The Bertz CT molecular complexity index is 544. The normalized spacial score (nSPS) is 22.2. The zero-order valence-electron chi connectivity index (χ0n) is 14.3. The van der Waals surface area contributed by atoms with Gasteiger partial charge < -0.3 is 10.4 Å². The van der Waals surface area contributed by atoms with Gasteiger partial charge in [0.05, 0.1) is 6.54 Å². The lowest BCUT2D eigenvalue weighted by atomic mass is 10.1. The van der Waals surface area contributed by atoms with Crippen molar-refractivity contribution in [2.45, 2.75) is 46.0 Å². The summed E-state index contributed by atoms with van der Waals surface area (Å²) in [5.41, 5.74) is 0.0292. The zero-order chi connectivity index (χ0) is 17.6. The number of hydrogen-bond acceptors (Lipinski definition) is 5. The summed E-state index contributed by atoms with van der Waals surface area (Å²) in [6.45, 7) is 4.99. The van der Waals surface area contributed by atoms with Gasteiger partial charge in [-0.15, -0.1) is 0 Å². The van der Waals surface area contributed by atoms with E-state index in [1.54, 1.807) is 6.08 Å². The molecule has 0 radical (unpaired) electrons. The second-order valence-electron chi connectivity index (χ2n) is 6.85. The van der Waals surface area contributed by atoms with E-state index in [4.69, 9.17) is 0 Å². The van der Waals surface area contributed by atoms with Crippen LogP contribution in [0.25, 0.3) is 0 Å². The van der Waals surface area contributed by atoms with Gasteiger partial charge in [-0.3, -0.25) is 9.79 Å². The van der Waals surface area contributed by atoms with Gasteiger partial charge in [-0.1, -0.05) is 49.9 Å². The fraction of sp³-hybridized carbons (Fsp3) is 0.706. The Morgan fingerprint density at radius 2 is 2.17 bits per heavy atom. The van der Waals surface area contributed by atoms with E-state index in [9.17, 15) is 14.7 Å². The fourth-order valence-corrected chi connectivity index (χ4v) is 4.64. The molecule has 1 unspecified atom stereocenters. The van der Waals surface area contributed by atoms with Gasteiger partial charge in [-0.25, -0.2) is 4.79 Å². The van der Waals surface area contributed by atoms with Crippen molar-refractivity contribution in [1.29, 1.82) is 0 Å². The predicted octanol–water partition coefficient (Wildman–Crippen LogP) is 3.51. The number of nitrogens with one attached hydrogen (secondary N) is 1. The number of hydrogen-bond donors (Lipinski definition) is 2. The van der Waals surface area contributed by atoms with Crippen LogP contribution in [-0.2, 0) is 9.59 Å². The molecule has 0 bridgehead atoms. The van der Waals surface area contributed by atoms with Crippen molar-refractivity contribution in [3.63, 3.8) is 0 Å². The van der Waals surface area contributed by atoms with E-state index < -0.39 is 5.97 Å². The van der Waals surface area contributed by atoms with E-state index in [-0.39, 0.29) is 22.9 Å². The van der Waals surface area contributed by atoms with E-state index in [1.165, 1.54) is 4.38 Å². The van der Waals surface area contributed by atoms with Crippen molar-refractivity contribution < 1.29 is 14.7 Å². The van der Waals surface area contributed by atoms with Crippen LogP contribution in [0.5, 0.6) is 0 Å². The molecule has 2 rings (SSSR count). The second-order valence-corrected chi connectivity index (χ2v) is 9.28. The average Bonchev–Trinajstić information content (AvgIpc) is 2.93. The number of unbranched alkanes of at least 4 members (excludes halogenated alkanes) is 3. The molecule has 1 atom stereocenters. The van der Waals surface area contributed by atoms with E-state index in [0.717, 1.165) is 43.7 Å². The van der Waals surface area contributed by atoms with Crippen molar-refractivity contribution in [2.75, 3.05) is 18.1 Å². The molecule has 24 heavy (non-hydrogen) atoms. The van der Waals surface area contributed by atoms with Crippen molar-refractivity contribution in [2.24, 2.45) is 16.3 Å². The molecule has 5 nitrogen and oxygen atoms in total. The number of carbonyl (C=O) groups is 2. The summed E-state index contributed by atoms with van der Waals surface area (Å²) in [6.07, 6.45) is 6.23. The van der Waals surface area contributed by atoms with Crippen molar-refractivity contribution >= 4 is 39.8 Å².